The van der Waals surface area contributed by atoms with Gasteiger partial charge in [0.1, 0.15) is 12.0 Å². The average molecular weight is 338 g/mol. The summed E-state index contributed by atoms with van der Waals surface area (Å²) in [5.74, 6) is 1.55. The van der Waals surface area contributed by atoms with Crippen molar-refractivity contribution in [3.8, 4) is 0 Å². The maximum Gasteiger partial charge on any atom is 0.302 e. The maximum absolute atomic E-state index is 11.5. The van der Waals surface area contributed by atoms with E-state index in [1.54, 1.807) is 6.08 Å². The zero-order chi connectivity index (χ0) is 19.1. The van der Waals surface area contributed by atoms with Crippen molar-refractivity contribution in [1.29, 1.82) is 0 Å². The van der Waals surface area contributed by atoms with Crippen LogP contribution >= 0.6 is 0 Å². The topological polar surface area (TPSA) is 55.4 Å². The Bertz CT molecular complexity index is 476. The van der Waals surface area contributed by atoms with E-state index in [1.807, 2.05) is 33.6 Å². The Kier molecular flexibility index (Phi) is 8.49. The van der Waals surface area contributed by atoms with Gasteiger partial charge in [-0.2, -0.15) is 0 Å². The van der Waals surface area contributed by atoms with Crippen molar-refractivity contribution >= 4 is 11.9 Å². The summed E-state index contributed by atoms with van der Waals surface area (Å²) < 4.78 is 5.56. The molecule has 3 atom stereocenters. The first-order valence-electron chi connectivity index (χ1n) is 8.65. The van der Waals surface area contributed by atoms with E-state index < -0.39 is 0 Å². The molecule has 0 rings (SSSR count). The van der Waals surface area contributed by atoms with Crippen molar-refractivity contribution in [1.82, 2.24) is 5.32 Å². The average Bonchev–Trinajstić information content (AvgIpc) is 2.35. The highest BCUT2D eigenvalue weighted by Crippen LogP contribution is 2.41. The summed E-state index contributed by atoms with van der Waals surface area (Å²) in [6.07, 6.45) is 1.83. The van der Waals surface area contributed by atoms with E-state index in [2.05, 4.69) is 32.7 Å². The zero-order valence-corrected chi connectivity index (χ0v) is 16.7. The molecule has 3 unspecified atom stereocenters. The molecular formula is C20H35NO3. The van der Waals surface area contributed by atoms with Crippen LogP contribution in [0.3, 0.4) is 0 Å². The standard InChI is InChI=1S/C20H35NO3/c1-10-21-14(2)18(20(7,8)9)16(11-12-22)13-17(19(4,5)6)24-15(3)23/h11,16-18,21H,2,10,13H2,1,3-9H3. The van der Waals surface area contributed by atoms with Crippen LogP contribution in [0.4, 0.5) is 0 Å². The molecule has 1 N–H and O–H groups in total. The van der Waals surface area contributed by atoms with Gasteiger partial charge in [0.05, 0.1) is 0 Å². The summed E-state index contributed by atoms with van der Waals surface area (Å²) in [5, 5.41) is 3.29. The number of carbonyl (C=O) groups excluding carboxylic acids is 2. The molecule has 0 bridgehead atoms. The van der Waals surface area contributed by atoms with Crippen LogP contribution in [0.15, 0.2) is 18.4 Å². The molecule has 0 aromatic heterocycles. The molecule has 4 heteroatoms. The summed E-state index contributed by atoms with van der Waals surface area (Å²) >= 11 is 0. The molecule has 0 aliphatic carbocycles. The Balaban J connectivity index is 5.73. The molecule has 0 aliphatic rings. The van der Waals surface area contributed by atoms with Gasteiger partial charge in [-0.3, -0.25) is 4.79 Å². The highest BCUT2D eigenvalue weighted by Gasteiger charge is 2.38. The minimum atomic E-state index is -0.304. The lowest BCUT2D eigenvalue weighted by Gasteiger charge is -2.40. The lowest BCUT2D eigenvalue weighted by molar-refractivity contribution is -0.153. The van der Waals surface area contributed by atoms with Gasteiger partial charge in [-0.15, -0.1) is 0 Å². The molecule has 0 radical (unpaired) electrons. The number of allylic oxidation sites excluding steroid dienone is 2. The molecule has 0 fully saturated rings. The summed E-state index contributed by atoms with van der Waals surface area (Å²) in [7, 11) is 0. The van der Waals surface area contributed by atoms with Crippen LogP contribution < -0.4 is 5.32 Å². The van der Waals surface area contributed by atoms with E-state index in [1.165, 1.54) is 6.92 Å². The Hall–Kier alpha value is -1.54. The predicted octanol–water partition coefficient (Wildman–Crippen LogP) is 4.14. The molecule has 0 amide bonds. The molecule has 4 nitrogen and oxygen atoms in total. The van der Waals surface area contributed by atoms with Crippen LogP contribution in [0, 0.1) is 22.7 Å². The summed E-state index contributed by atoms with van der Waals surface area (Å²) in [5.41, 5.74) is 0.579. The molecule has 0 aromatic rings. The lowest BCUT2D eigenvalue weighted by atomic mass is 9.68. The van der Waals surface area contributed by atoms with Crippen molar-refractivity contribution in [2.24, 2.45) is 22.7 Å². The summed E-state index contributed by atoms with van der Waals surface area (Å²) in [6, 6.07) is 0. The number of carbonyl (C=O) groups is 1. The number of hydrogen-bond acceptors (Lipinski definition) is 4. The van der Waals surface area contributed by atoms with Crippen molar-refractivity contribution in [3.05, 3.63) is 18.4 Å². The summed E-state index contributed by atoms with van der Waals surface area (Å²) in [4.78, 5) is 22.6. The predicted molar refractivity (Wildman–Crippen MR) is 99.1 cm³/mol. The second-order valence-electron chi connectivity index (χ2n) is 8.55. The molecule has 24 heavy (non-hydrogen) atoms. The highest BCUT2D eigenvalue weighted by atomic mass is 16.5. The quantitative estimate of drug-likeness (QED) is 0.534. The van der Waals surface area contributed by atoms with Crippen molar-refractivity contribution in [2.45, 2.75) is 67.9 Å². The van der Waals surface area contributed by atoms with Gasteiger partial charge in [0.2, 0.25) is 0 Å². The van der Waals surface area contributed by atoms with Crippen LogP contribution in [-0.2, 0) is 14.3 Å². The van der Waals surface area contributed by atoms with E-state index in [9.17, 15) is 9.59 Å². The van der Waals surface area contributed by atoms with E-state index in [-0.39, 0.29) is 34.7 Å². The van der Waals surface area contributed by atoms with Gasteiger partial charge >= 0.3 is 5.97 Å². The molecule has 138 valence electrons. The van der Waals surface area contributed by atoms with Crippen molar-refractivity contribution in [3.63, 3.8) is 0 Å². The minimum Gasteiger partial charge on any atom is -0.462 e. The number of hydrogen-bond donors (Lipinski definition) is 1. The normalized spacial score (nSPS) is 15.7. The minimum absolute atomic E-state index is 0.0271. The largest absolute Gasteiger partial charge is 0.462 e. The second kappa shape index (κ2) is 9.08. The number of nitrogens with one attached hydrogen (secondary N) is 1. The fourth-order valence-corrected chi connectivity index (χ4v) is 3.17. The maximum atomic E-state index is 11.5. The van der Waals surface area contributed by atoms with Crippen LogP contribution in [0.25, 0.3) is 0 Å². The smallest absolute Gasteiger partial charge is 0.302 e. The first-order chi connectivity index (χ1) is 10.8. The van der Waals surface area contributed by atoms with Gasteiger partial charge in [0, 0.05) is 31.2 Å². The number of ether oxygens (including phenoxy) is 1. The van der Waals surface area contributed by atoms with Gasteiger partial charge < -0.3 is 10.1 Å². The molecule has 0 aromatic carbocycles. The molecule has 0 heterocycles. The molecule has 0 aliphatic heterocycles. The van der Waals surface area contributed by atoms with Gasteiger partial charge in [-0.05, 0) is 30.1 Å². The molecule has 0 spiro atoms. The number of esters is 1. The molecular weight excluding hydrogens is 302 g/mol. The first kappa shape index (κ1) is 22.5. The molecule has 0 saturated carbocycles. The Morgan fingerprint density at radius 2 is 1.75 bits per heavy atom. The van der Waals surface area contributed by atoms with E-state index >= 15 is 0 Å². The second-order valence-corrected chi connectivity index (χ2v) is 8.55. The van der Waals surface area contributed by atoms with Crippen LogP contribution in [-0.4, -0.2) is 24.6 Å². The lowest BCUT2D eigenvalue weighted by Crippen LogP contribution is -2.39. The van der Waals surface area contributed by atoms with Crippen molar-refractivity contribution < 1.29 is 14.3 Å². The summed E-state index contributed by atoms with van der Waals surface area (Å²) in [6.45, 7) is 20.9. The highest BCUT2D eigenvalue weighted by molar-refractivity contribution is 5.66. The Labute approximate surface area is 147 Å². The van der Waals surface area contributed by atoms with Gasteiger partial charge in [0.25, 0.3) is 0 Å². The monoisotopic (exact) mass is 337 g/mol. The SMILES string of the molecule is C=C(NCC)C(C(C=C=O)CC(OC(C)=O)C(C)(C)C)C(C)(C)C. The van der Waals surface area contributed by atoms with Crippen LogP contribution in [0.2, 0.25) is 0 Å². The Morgan fingerprint density at radius 1 is 1.21 bits per heavy atom. The number of rotatable bonds is 8. The van der Waals surface area contributed by atoms with E-state index in [0.29, 0.717) is 6.42 Å². The first-order valence-corrected chi connectivity index (χ1v) is 8.65. The van der Waals surface area contributed by atoms with Gasteiger partial charge in [-0.1, -0.05) is 48.1 Å². The van der Waals surface area contributed by atoms with Crippen LogP contribution in [0.5, 0.6) is 0 Å². The molecule has 0 saturated heterocycles. The van der Waals surface area contributed by atoms with E-state index in [4.69, 9.17) is 4.74 Å². The third kappa shape index (κ3) is 7.35. The Morgan fingerprint density at radius 3 is 2.08 bits per heavy atom. The van der Waals surface area contributed by atoms with Gasteiger partial charge in [-0.25, -0.2) is 4.79 Å². The van der Waals surface area contributed by atoms with Crippen molar-refractivity contribution in [2.75, 3.05) is 6.54 Å². The fraction of sp³-hybridized carbons (Fsp3) is 0.750. The van der Waals surface area contributed by atoms with E-state index in [0.717, 1.165) is 12.2 Å². The van der Waals surface area contributed by atoms with Crippen LogP contribution in [0.1, 0.15) is 61.8 Å². The fourth-order valence-electron chi connectivity index (χ4n) is 3.17. The third-order valence-electron chi connectivity index (χ3n) is 4.18. The van der Waals surface area contributed by atoms with Gasteiger partial charge in [0.15, 0.2) is 0 Å². The zero-order valence-electron chi connectivity index (χ0n) is 16.7. The third-order valence-corrected chi connectivity index (χ3v) is 4.18.